The van der Waals surface area contributed by atoms with Crippen molar-refractivity contribution < 1.29 is 19.4 Å². The van der Waals surface area contributed by atoms with Crippen molar-refractivity contribution in [3.63, 3.8) is 0 Å². The molecule has 0 aliphatic carbocycles. The Morgan fingerprint density at radius 3 is 2.43 bits per heavy atom. The molecule has 120 valence electrons. The number of benzene rings is 1. The molecule has 0 atom stereocenters. The Labute approximate surface area is 133 Å². The van der Waals surface area contributed by atoms with E-state index in [-0.39, 0.29) is 17.6 Å². The number of para-hydroxylation sites is 1. The Kier molecular flexibility index (Phi) is 4.95. The molecule has 0 aliphatic heterocycles. The maximum Gasteiger partial charge on any atom is 0.354 e. The van der Waals surface area contributed by atoms with Crippen molar-refractivity contribution in [2.24, 2.45) is 5.92 Å². The van der Waals surface area contributed by atoms with Crippen LogP contribution in [-0.4, -0.2) is 34.1 Å². The molecule has 0 spiro atoms. The van der Waals surface area contributed by atoms with Crippen LogP contribution in [0.15, 0.2) is 36.5 Å². The molecule has 2 heterocycles. The topological polar surface area (TPSA) is 92.3 Å². The van der Waals surface area contributed by atoms with Crippen molar-refractivity contribution in [1.29, 1.82) is 0 Å². The fraction of sp³-hybridized carbons (Fsp3) is 0.235. The number of nitrogens with one attached hydrogen (secondary N) is 1. The van der Waals surface area contributed by atoms with Gasteiger partial charge in [-0.2, -0.15) is 0 Å². The average Bonchev–Trinajstić information content (AvgIpc) is 2.92. The van der Waals surface area contributed by atoms with E-state index in [9.17, 15) is 9.59 Å². The number of rotatable bonds is 2. The van der Waals surface area contributed by atoms with Crippen molar-refractivity contribution in [2.75, 3.05) is 7.11 Å². The van der Waals surface area contributed by atoms with Crippen molar-refractivity contribution in [3.8, 4) is 0 Å². The number of hydrogen-bond donors (Lipinski definition) is 2. The summed E-state index contributed by atoms with van der Waals surface area (Å²) < 4.78 is 4.37. The summed E-state index contributed by atoms with van der Waals surface area (Å²) in [7, 11) is 1.39. The molecule has 2 aromatic heterocycles. The highest BCUT2D eigenvalue weighted by molar-refractivity contribution is 6.08. The van der Waals surface area contributed by atoms with E-state index in [1.165, 1.54) is 7.11 Å². The van der Waals surface area contributed by atoms with Crippen LogP contribution < -0.4 is 0 Å². The fourth-order valence-electron chi connectivity index (χ4n) is 2.10. The zero-order chi connectivity index (χ0) is 17.0. The van der Waals surface area contributed by atoms with E-state index in [1.807, 2.05) is 24.3 Å². The average molecular weight is 314 g/mol. The largest absolute Gasteiger partial charge is 0.477 e. The van der Waals surface area contributed by atoms with Crippen molar-refractivity contribution in [2.45, 2.75) is 13.8 Å². The number of aromatic carboxylic acids is 1. The number of carboxylic acids is 1. The fourth-order valence-corrected chi connectivity index (χ4v) is 2.10. The molecule has 2 N–H and O–H groups in total. The van der Waals surface area contributed by atoms with Gasteiger partial charge in [-0.1, -0.05) is 32.0 Å². The van der Waals surface area contributed by atoms with E-state index in [0.717, 1.165) is 21.8 Å². The van der Waals surface area contributed by atoms with E-state index in [0.29, 0.717) is 0 Å². The van der Waals surface area contributed by atoms with Gasteiger partial charge in [-0.25, -0.2) is 9.78 Å². The predicted molar refractivity (Wildman–Crippen MR) is 87.4 cm³/mol. The van der Waals surface area contributed by atoms with Gasteiger partial charge in [0.05, 0.1) is 24.7 Å². The summed E-state index contributed by atoms with van der Waals surface area (Å²) >= 11 is 0. The van der Waals surface area contributed by atoms with E-state index in [1.54, 1.807) is 26.1 Å². The molecule has 3 aromatic rings. The van der Waals surface area contributed by atoms with Gasteiger partial charge in [-0.15, -0.1) is 0 Å². The molecule has 0 unspecified atom stereocenters. The second-order valence-corrected chi connectivity index (χ2v) is 5.27. The second-order valence-electron chi connectivity index (χ2n) is 5.27. The van der Waals surface area contributed by atoms with Crippen molar-refractivity contribution in [3.05, 3.63) is 42.2 Å². The molecule has 0 saturated heterocycles. The maximum atomic E-state index is 10.8. The first kappa shape index (κ1) is 16.5. The SMILES string of the molecule is COC(=O)C(C)C.O=C(O)c1cc2c(cn1)[nH]c1ccccc12. The predicted octanol–water partition coefficient (Wildman–Crippen LogP) is 3.23. The minimum absolute atomic E-state index is 0.00463. The molecular weight excluding hydrogens is 296 g/mol. The smallest absolute Gasteiger partial charge is 0.354 e. The number of esters is 1. The zero-order valence-corrected chi connectivity index (χ0v) is 13.2. The number of ether oxygens (including phenoxy) is 1. The quantitative estimate of drug-likeness (QED) is 0.708. The number of fused-ring (bicyclic) bond motifs is 3. The number of carbonyl (C=O) groups excluding carboxylic acids is 1. The first-order chi connectivity index (χ1) is 10.9. The van der Waals surface area contributed by atoms with Gasteiger partial charge >= 0.3 is 11.9 Å². The third-order valence-corrected chi connectivity index (χ3v) is 3.28. The Morgan fingerprint density at radius 2 is 1.87 bits per heavy atom. The van der Waals surface area contributed by atoms with Crippen LogP contribution in [0.2, 0.25) is 0 Å². The van der Waals surface area contributed by atoms with E-state index >= 15 is 0 Å². The van der Waals surface area contributed by atoms with Crippen LogP contribution in [0.25, 0.3) is 21.8 Å². The highest BCUT2D eigenvalue weighted by Crippen LogP contribution is 2.24. The number of hydrogen-bond acceptors (Lipinski definition) is 4. The Hall–Kier alpha value is -2.89. The summed E-state index contributed by atoms with van der Waals surface area (Å²) in [5, 5.41) is 10.8. The molecule has 6 heteroatoms. The number of aromatic amines is 1. The minimum Gasteiger partial charge on any atom is -0.477 e. The molecule has 0 aliphatic rings. The van der Waals surface area contributed by atoms with Crippen molar-refractivity contribution in [1.82, 2.24) is 9.97 Å². The van der Waals surface area contributed by atoms with Crippen LogP contribution in [0.1, 0.15) is 24.3 Å². The number of carbonyl (C=O) groups is 2. The maximum absolute atomic E-state index is 10.8. The summed E-state index contributed by atoms with van der Waals surface area (Å²) in [4.78, 5) is 28.2. The first-order valence-electron chi connectivity index (χ1n) is 7.11. The van der Waals surface area contributed by atoms with Gasteiger partial charge in [0, 0.05) is 16.3 Å². The molecule has 3 rings (SSSR count). The lowest BCUT2D eigenvalue weighted by atomic mass is 10.1. The molecule has 0 radical (unpaired) electrons. The Morgan fingerprint density at radius 1 is 1.17 bits per heavy atom. The number of H-pyrrole nitrogens is 1. The molecule has 0 bridgehead atoms. The lowest BCUT2D eigenvalue weighted by molar-refractivity contribution is -0.144. The number of methoxy groups -OCH3 is 1. The standard InChI is InChI=1S/C12H8N2O2.C5H10O2/c15-12(16)10-5-8-7-3-1-2-4-9(7)14-11(8)6-13-10;1-4(2)5(6)7-3/h1-6,14H,(H,15,16);4H,1-3H3. The zero-order valence-electron chi connectivity index (χ0n) is 13.2. The van der Waals surface area contributed by atoms with Crippen molar-refractivity contribution >= 4 is 33.7 Å². The van der Waals surface area contributed by atoms with Gasteiger partial charge in [0.2, 0.25) is 0 Å². The number of pyridine rings is 1. The molecular formula is C17H18N2O4. The Bertz CT molecular complexity index is 852. The lowest BCUT2D eigenvalue weighted by Gasteiger charge is -1.97. The van der Waals surface area contributed by atoms with Crippen LogP contribution >= 0.6 is 0 Å². The lowest BCUT2D eigenvalue weighted by Crippen LogP contribution is -2.07. The summed E-state index contributed by atoms with van der Waals surface area (Å²) in [6.07, 6.45) is 1.55. The Balaban J connectivity index is 0.000000236. The van der Waals surface area contributed by atoms with Gasteiger partial charge in [0.15, 0.2) is 0 Å². The van der Waals surface area contributed by atoms with Crippen LogP contribution in [-0.2, 0) is 9.53 Å². The second kappa shape index (κ2) is 6.91. The summed E-state index contributed by atoms with van der Waals surface area (Å²) in [6.45, 7) is 3.59. The van der Waals surface area contributed by atoms with E-state index < -0.39 is 5.97 Å². The number of aromatic nitrogens is 2. The highest BCUT2D eigenvalue weighted by atomic mass is 16.5. The van der Waals surface area contributed by atoms with Gasteiger partial charge in [-0.05, 0) is 12.1 Å². The molecule has 0 saturated carbocycles. The third-order valence-electron chi connectivity index (χ3n) is 3.28. The minimum atomic E-state index is -1.01. The van der Waals surface area contributed by atoms with Crippen LogP contribution in [0, 0.1) is 5.92 Å². The molecule has 0 amide bonds. The van der Waals surface area contributed by atoms with Gasteiger partial charge < -0.3 is 14.8 Å². The molecule has 1 aromatic carbocycles. The highest BCUT2D eigenvalue weighted by Gasteiger charge is 2.09. The van der Waals surface area contributed by atoms with E-state index in [2.05, 4.69) is 14.7 Å². The van der Waals surface area contributed by atoms with Gasteiger partial charge in [0.25, 0.3) is 0 Å². The number of carboxylic acid groups (broad SMARTS) is 1. The monoisotopic (exact) mass is 314 g/mol. The summed E-state index contributed by atoms with van der Waals surface area (Å²) in [5.74, 6) is -1.16. The molecule has 0 fully saturated rings. The first-order valence-corrected chi connectivity index (χ1v) is 7.11. The summed E-state index contributed by atoms with van der Waals surface area (Å²) in [5.41, 5.74) is 1.91. The van der Waals surface area contributed by atoms with Gasteiger partial charge in [-0.3, -0.25) is 4.79 Å². The van der Waals surface area contributed by atoms with Crippen LogP contribution in [0.4, 0.5) is 0 Å². The van der Waals surface area contributed by atoms with Crippen LogP contribution in [0.5, 0.6) is 0 Å². The normalized spacial score (nSPS) is 10.4. The number of nitrogens with zero attached hydrogens (tertiary/aromatic N) is 1. The molecule has 6 nitrogen and oxygen atoms in total. The van der Waals surface area contributed by atoms with E-state index in [4.69, 9.17) is 5.11 Å². The van der Waals surface area contributed by atoms with Gasteiger partial charge in [0.1, 0.15) is 5.69 Å². The summed E-state index contributed by atoms with van der Waals surface area (Å²) in [6, 6.07) is 9.37. The molecule has 23 heavy (non-hydrogen) atoms. The third kappa shape index (κ3) is 3.66. The van der Waals surface area contributed by atoms with Crippen LogP contribution in [0.3, 0.4) is 0 Å².